The Morgan fingerprint density at radius 1 is 1.50 bits per heavy atom. The highest BCUT2D eigenvalue weighted by atomic mass is 32.1. The van der Waals surface area contributed by atoms with Crippen LogP contribution in [-0.4, -0.2) is 11.0 Å². The van der Waals surface area contributed by atoms with Crippen LogP contribution in [0.5, 0.6) is 0 Å². The van der Waals surface area contributed by atoms with Crippen molar-refractivity contribution in [3.05, 3.63) is 29.4 Å². The molecule has 72 valence electrons. The SMILES string of the molecule is c1cc2cc(CNC3CC3)sc2cn1. The van der Waals surface area contributed by atoms with E-state index in [9.17, 15) is 0 Å². The van der Waals surface area contributed by atoms with Gasteiger partial charge in [-0.3, -0.25) is 4.98 Å². The van der Waals surface area contributed by atoms with Gasteiger partial charge in [0.1, 0.15) is 0 Å². The number of fused-ring (bicyclic) bond motifs is 1. The van der Waals surface area contributed by atoms with E-state index in [0.29, 0.717) is 0 Å². The van der Waals surface area contributed by atoms with Gasteiger partial charge in [0.25, 0.3) is 0 Å². The summed E-state index contributed by atoms with van der Waals surface area (Å²) in [5, 5.41) is 4.84. The van der Waals surface area contributed by atoms with Crippen molar-refractivity contribution < 1.29 is 0 Å². The summed E-state index contributed by atoms with van der Waals surface area (Å²) in [6.45, 7) is 1.02. The van der Waals surface area contributed by atoms with E-state index in [4.69, 9.17) is 0 Å². The fourth-order valence-electron chi connectivity index (χ4n) is 1.56. The minimum Gasteiger partial charge on any atom is -0.309 e. The molecule has 1 fully saturated rings. The van der Waals surface area contributed by atoms with E-state index in [1.165, 1.54) is 27.8 Å². The van der Waals surface area contributed by atoms with E-state index < -0.39 is 0 Å². The van der Waals surface area contributed by atoms with Crippen molar-refractivity contribution in [2.45, 2.75) is 25.4 Å². The third-order valence-electron chi connectivity index (χ3n) is 2.52. The maximum atomic E-state index is 4.12. The first-order valence-electron chi connectivity index (χ1n) is 4.97. The van der Waals surface area contributed by atoms with Crippen LogP contribution in [-0.2, 0) is 6.54 Å². The van der Waals surface area contributed by atoms with Gasteiger partial charge < -0.3 is 5.32 Å². The van der Waals surface area contributed by atoms with Gasteiger partial charge in [-0.1, -0.05) is 0 Å². The highest BCUT2D eigenvalue weighted by Crippen LogP contribution is 2.25. The van der Waals surface area contributed by atoms with Gasteiger partial charge in [-0.2, -0.15) is 0 Å². The smallest absolute Gasteiger partial charge is 0.0529 e. The Labute approximate surface area is 87.0 Å². The number of thiophene rings is 1. The molecule has 0 aromatic carbocycles. The van der Waals surface area contributed by atoms with Crippen LogP contribution in [0.2, 0.25) is 0 Å². The van der Waals surface area contributed by atoms with Gasteiger partial charge in [0, 0.05) is 29.9 Å². The van der Waals surface area contributed by atoms with Gasteiger partial charge in [0.05, 0.1) is 4.70 Å². The molecule has 0 saturated heterocycles. The van der Waals surface area contributed by atoms with Crippen LogP contribution in [0.3, 0.4) is 0 Å². The first kappa shape index (κ1) is 8.38. The molecule has 2 aromatic rings. The molecule has 0 unspecified atom stereocenters. The Morgan fingerprint density at radius 2 is 2.43 bits per heavy atom. The van der Waals surface area contributed by atoms with Gasteiger partial charge >= 0.3 is 0 Å². The van der Waals surface area contributed by atoms with E-state index in [1.54, 1.807) is 0 Å². The van der Waals surface area contributed by atoms with Gasteiger partial charge in [0.2, 0.25) is 0 Å². The van der Waals surface area contributed by atoms with E-state index in [0.717, 1.165) is 12.6 Å². The van der Waals surface area contributed by atoms with Crippen LogP contribution in [0.25, 0.3) is 10.1 Å². The maximum absolute atomic E-state index is 4.12. The second-order valence-electron chi connectivity index (χ2n) is 3.78. The third kappa shape index (κ3) is 1.65. The summed E-state index contributed by atoms with van der Waals surface area (Å²) in [5.41, 5.74) is 0. The number of hydrogen-bond acceptors (Lipinski definition) is 3. The molecule has 2 aromatic heterocycles. The van der Waals surface area contributed by atoms with Crippen LogP contribution in [0.4, 0.5) is 0 Å². The average Bonchev–Trinajstić information content (AvgIpc) is 2.94. The summed E-state index contributed by atoms with van der Waals surface area (Å²) >= 11 is 1.84. The van der Waals surface area contributed by atoms with Crippen LogP contribution < -0.4 is 5.32 Å². The number of pyridine rings is 1. The molecule has 0 spiro atoms. The quantitative estimate of drug-likeness (QED) is 0.831. The monoisotopic (exact) mass is 204 g/mol. The van der Waals surface area contributed by atoms with Crippen LogP contribution >= 0.6 is 11.3 Å². The van der Waals surface area contributed by atoms with E-state index in [2.05, 4.69) is 22.4 Å². The average molecular weight is 204 g/mol. The molecule has 1 aliphatic carbocycles. The lowest BCUT2D eigenvalue weighted by Gasteiger charge is -1.97. The zero-order valence-corrected chi connectivity index (χ0v) is 8.68. The Bertz CT molecular complexity index is 412. The van der Waals surface area contributed by atoms with E-state index >= 15 is 0 Å². The minimum absolute atomic E-state index is 0.790. The molecule has 14 heavy (non-hydrogen) atoms. The number of hydrogen-bond donors (Lipinski definition) is 1. The van der Waals surface area contributed by atoms with Gasteiger partial charge in [-0.05, 0) is 30.4 Å². The normalized spacial score (nSPS) is 16.3. The standard InChI is InChI=1S/C11H12N2S/c1-2-9(1)13-6-10-5-8-3-4-12-7-11(8)14-10/h3-5,7,9,13H,1-2,6H2. The number of nitrogens with zero attached hydrogens (tertiary/aromatic N) is 1. The summed E-state index contributed by atoms with van der Waals surface area (Å²) in [7, 11) is 0. The van der Waals surface area contributed by atoms with Crippen LogP contribution in [0.15, 0.2) is 24.5 Å². The summed E-state index contributed by atoms with van der Waals surface area (Å²) in [6.07, 6.45) is 6.51. The number of rotatable bonds is 3. The van der Waals surface area contributed by atoms with Crippen LogP contribution in [0.1, 0.15) is 17.7 Å². The molecule has 3 heteroatoms. The fraction of sp³-hybridized carbons (Fsp3) is 0.364. The Kier molecular flexibility index (Phi) is 2.00. The lowest BCUT2D eigenvalue weighted by molar-refractivity contribution is 0.695. The topological polar surface area (TPSA) is 24.9 Å². The molecule has 0 amide bonds. The molecule has 0 bridgehead atoms. The largest absolute Gasteiger partial charge is 0.309 e. The molecule has 0 radical (unpaired) electrons. The molecule has 1 aliphatic rings. The Hall–Kier alpha value is -0.930. The van der Waals surface area contributed by atoms with Gasteiger partial charge in [0.15, 0.2) is 0 Å². The maximum Gasteiger partial charge on any atom is 0.0529 e. The molecular weight excluding hydrogens is 192 g/mol. The molecular formula is C11H12N2S. The fourth-order valence-corrected chi connectivity index (χ4v) is 2.54. The van der Waals surface area contributed by atoms with Crippen LogP contribution in [0, 0.1) is 0 Å². The zero-order chi connectivity index (χ0) is 9.38. The van der Waals surface area contributed by atoms with Crippen molar-refractivity contribution in [3.63, 3.8) is 0 Å². The first-order valence-corrected chi connectivity index (χ1v) is 5.79. The molecule has 2 heterocycles. The molecule has 0 atom stereocenters. The van der Waals surface area contributed by atoms with Crippen molar-refractivity contribution in [2.75, 3.05) is 0 Å². The predicted octanol–water partition coefficient (Wildman–Crippen LogP) is 2.55. The minimum atomic E-state index is 0.790. The summed E-state index contributed by atoms with van der Waals surface area (Å²) in [6, 6.07) is 5.13. The summed E-state index contributed by atoms with van der Waals surface area (Å²) in [5.74, 6) is 0. The molecule has 1 saturated carbocycles. The predicted molar refractivity (Wildman–Crippen MR) is 59.5 cm³/mol. The third-order valence-corrected chi connectivity index (χ3v) is 3.60. The Balaban J connectivity index is 1.82. The molecule has 2 nitrogen and oxygen atoms in total. The number of nitrogens with one attached hydrogen (secondary N) is 1. The lowest BCUT2D eigenvalue weighted by Crippen LogP contribution is -2.14. The Morgan fingerprint density at radius 3 is 3.21 bits per heavy atom. The number of aromatic nitrogens is 1. The van der Waals surface area contributed by atoms with Crippen molar-refractivity contribution in [1.29, 1.82) is 0 Å². The molecule has 3 rings (SSSR count). The van der Waals surface area contributed by atoms with E-state index in [1.807, 2.05) is 23.7 Å². The van der Waals surface area contributed by atoms with Gasteiger partial charge in [-0.25, -0.2) is 0 Å². The second-order valence-corrected chi connectivity index (χ2v) is 4.95. The van der Waals surface area contributed by atoms with Crippen molar-refractivity contribution >= 4 is 21.4 Å². The van der Waals surface area contributed by atoms with E-state index in [-0.39, 0.29) is 0 Å². The first-order chi connectivity index (χ1) is 6.92. The summed E-state index contributed by atoms with van der Waals surface area (Å²) < 4.78 is 1.29. The molecule has 0 aliphatic heterocycles. The summed E-state index contributed by atoms with van der Waals surface area (Å²) in [4.78, 5) is 5.54. The van der Waals surface area contributed by atoms with Crippen molar-refractivity contribution in [1.82, 2.24) is 10.3 Å². The second kappa shape index (κ2) is 3.33. The van der Waals surface area contributed by atoms with Crippen molar-refractivity contribution in [3.8, 4) is 0 Å². The van der Waals surface area contributed by atoms with Gasteiger partial charge in [-0.15, -0.1) is 11.3 Å². The zero-order valence-electron chi connectivity index (χ0n) is 7.86. The highest BCUT2D eigenvalue weighted by molar-refractivity contribution is 7.19. The highest BCUT2D eigenvalue weighted by Gasteiger charge is 2.20. The lowest BCUT2D eigenvalue weighted by atomic mass is 10.3. The molecule has 1 N–H and O–H groups in total. The van der Waals surface area contributed by atoms with Crippen molar-refractivity contribution in [2.24, 2.45) is 0 Å².